The zero-order valence-corrected chi connectivity index (χ0v) is 10.9. The molecule has 0 aliphatic carbocycles. The molecule has 2 N–H and O–H groups in total. The van der Waals surface area contributed by atoms with Crippen molar-refractivity contribution in [1.29, 1.82) is 0 Å². The number of carboxylic acids is 1. The van der Waals surface area contributed by atoms with Crippen LogP contribution < -0.4 is 5.32 Å². The average Bonchev–Trinajstić information content (AvgIpc) is 2.94. The quantitative estimate of drug-likeness (QED) is 0.855. The van der Waals surface area contributed by atoms with E-state index in [9.17, 15) is 4.79 Å². The minimum absolute atomic E-state index is 0.0629. The monoisotopic (exact) mass is 266 g/mol. The van der Waals surface area contributed by atoms with Gasteiger partial charge in [0.05, 0.1) is 11.6 Å². The molecule has 2 rings (SSSR count). The van der Waals surface area contributed by atoms with Gasteiger partial charge < -0.3 is 15.0 Å². The summed E-state index contributed by atoms with van der Waals surface area (Å²) in [6.07, 6.45) is 1.65. The first-order valence-electron chi connectivity index (χ1n) is 5.46. The highest BCUT2D eigenvalue weighted by molar-refractivity contribution is 7.10. The summed E-state index contributed by atoms with van der Waals surface area (Å²) >= 11 is 1.44. The molecule has 0 fully saturated rings. The number of carbonyl (C=O) groups is 1. The van der Waals surface area contributed by atoms with E-state index in [0.717, 1.165) is 10.7 Å². The van der Waals surface area contributed by atoms with Gasteiger partial charge in [-0.2, -0.15) is 0 Å². The molecular weight excluding hydrogens is 252 g/mol. The van der Waals surface area contributed by atoms with Crippen LogP contribution in [0.2, 0.25) is 0 Å². The van der Waals surface area contributed by atoms with E-state index < -0.39 is 5.97 Å². The van der Waals surface area contributed by atoms with E-state index in [0.29, 0.717) is 12.1 Å². The maximum absolute atomic E-state index is 10.7. The first-order valence-corrected chi connectivity index (χ1v) is 6.34. The number of hydrogen-bond acceptors (Lipinski definition) is 5. The Bertz CT molecular complexity index is 549. The van der Waals surface area contributed by atoms with Crippen molar-refractivity contribution in [2.24, 2.45) is 7.05 Å². The van der Waals surface area contributed by atoms with Crippen LogP contribution in [0.1, 0.15) is 34.0 Å². The van der Waals surface area contributed by atoms with Gasteiger partial charge in [0.15, 0.2) is 0 Å². The first kappa shape index (κ1) is 12.7. The molecule has 6 nitrogen and oxygen atoms in total. The van der Waals surface area contributed by atoms with E-state index in [1.54, 1.807) is 17.8 Å². The van der Waals surface area contributed by atoms with Crippen LogP contribution in [0.5, 0.6) is 0 Å². The third-order valence-electron chi connectivity index (χ3n) is 2.62. The SMILES string of the molecule is CC(NCc1cc(C(=O)O)cs1)c1nncn1C. The maximum Gasteiger partial charge on any atom is 0.336 e. The molecule has 0 amide bonds. The van der Waals surface area contributed by atoms with Crippen molar-refractivity contribution in [2.45, 2.75) is 19.5 Å². The predicted octanol–water partition coefficient (Wildman–Crippen LogP) is 1.43. The van der Waals surface area contributed by atoms with Crippen molar-refractivity contribution in [2.75, 3.05) is 0 Å². The van der Waals surface area contributed by atoms with E-state index in [1.807, 2.05) is 18.5 Å². The van der Waals surface area contributed by atoms with Gasteiger partial charge in [0.25, 0.3) is 0 Å². The summed E-state index contributed by atoms with van der Waals surface area (Å²) < 4.78 is 1.86. The first-order chi connectivity index (χ1) is 8.58. The second-order valence-electron chi connectivity index (χ2n) is 4.01. The van der Waals surface area contributed by atoms with Crippen molar-refractivity contribution < 1.29 is 9.90 Å². The normalized spacial score (nSPS) is 12.6. The van der Waals surface area contributed by atoms with Crippen LogP contribution in [0, 0.1) is 0 Å². The van der Waals surface area contributed by atoms with E-state index in [1.165, 1.54) is 11.3 Å². The Hall–Kier alpha value is -1.73. The van der Waals surface area contributed by atoms with Gasteiger partial charge >= 0.3 is 5.97 Å². The summed E-state index contributed by atoms with van der Waals surface area (Å²) in [5.41, 5.74) is 0.336. The molecule has 96 valence electrons. The molecule has 0 spiro atoms. The van der Waals surface area contributed by atoms with Crippen LogP contribution >= 0.6 is 11.3 Å². The molecule has 0 aromatic carbocycles. The summed E-state index contributed by atoms with van der Waals surface area (Å²) in [5, 5.41) is 21.6. The number of carboxylic acid groups (broad SMARTS) is 1. The van der Waals surface area contributed by atoms with Crippen LogP contribution in [-0.4, -0.2) is 25.8 Å². The average molecular weight is 266 g/mol. The Kier molecular flexibility index (Phi) is 3.73. The molecule has 0 aliphatic rings. The number of aryl methyl sites for hydroxylation is 1. The van der Waals surface area contributed by atoms with Gasteiger partial charge in [-0.25, -0.2) is 4.79 Å². The molecule has 2 aromatic heterocycles. The Balaban J connectivity index is 1.95. The van der Waals surface area contributed by atoms with Gasteiger partial charge in [0.2, 0.25) is 0 Å². The standard InChI is InChI=1S/C11H14N4O2S/c1-7(10-14-13-6-15(10)2)12-4-9-3-8(5-18-9)11(16)17/h3,5-7,12H,4H2,1-2H3,(H,16,17). The number of thiophene rings is 1. The second kappa shape index (κ2) is 5.28. The van der Waals surface area contributed by atoms with Gasteiger partial charge in [0, 0.05) is 23.8 Å². The number of hydrogen-bond donors (Lipinski definition) is 2. The number of rotatable bonds is 5. The molecule has 0 radical (unpaired) electrons. The number of aromatic nitrogens is 3. The maximum atomic E-state index is 10.7. The van der Waals surface area contributed by atoms with Gasteiger partial charge in [-0.1, -0.05) is 0 Å². The van der Waals surface area contributed by atoms with Crippen molar-refractivity contribution >= 4 is 17.3 Å². The van der Waals surface area contributed by atoms with E-state index in [2.05, 4.69) is 15.5 Å². The molecule has 18 heavy (non-hydrogen) atoms. The Morgan fingerprint density at radius 3 is 3.00 bits per heavy atom. The lowest BCUT2D eigenvalue weighted by atomic mass is 10.3. The van der Waals surface area contributed by atoms with E-state index in [-0.39, 0.29) is 6.04 Å². The third-order valence-corrected chi connectivity index (χ3v) is 3.55. The molecule has 1 atom stereocenters. The lowest BCUT2D eigenvalue weighted by Gasteiger charge is -2.11. The molecule has 2 heterocycles. The summed E-state index contributed by atoms with van der Waals surface area (Å²) in [4.78, 5) is 11.7. The lowest BCUT2D eigenvalue weighted by Crippen LogP contribution is -2.20. The van der Waals surface area contributed by atoms with Crippen LogP contribution in [0.3, 0.4) is 0 Å². The summed E-state index contributed by atoms with van der Waals surface area (Å²) in [7, 11) is 1.89. The number of nitrogens with zero attached hydrogens (tertiary/aromatic N) is 3. The van der Waals surface area contributed by atoms with Crippen molar-refractivity contribution in [3.63, 3.8) is 0 Å². The second-order valence-corrected chi connectivity index (χ2v) is 5.01. The van der Waals surface area contributed by atoms with Crippen molar-refractivity contribution in [1.82, 2.24) is 20.1 Å². The summed E-state index contributed by atoms with van der Waals surface area (Å²) in [5.74, 6) is -0.0381. The third kappa shape index (κ3) is 2.74. The number of aromatic carboxylic acids is 1. The topological polar surface area (TPSA) is 80.0 Å². The van der Waals surface area contributed by atoms with Crippen LogP contribution in [-0.2, 0) is 13.6 Å². The minimum atomic E-state index is -0.890. The lowest BCUT2D eigenvalue weighted by molar-refractivity contribution is 0.0697. The molecule has 2 aromatic rings. The van der Waals surface area contributed by atoms with Gasteiger partial charge in [0.1, 0.15) is 12.2 Å². The predicted molar refractivity (Wildman–Crippen MR) is 67.5 cm³/mol. The molecular formula is C11H14N4O2S. The fraction of sp³-hybridized carbons (Fsp3) is 0.364. The zero-order valence-electron chi connectivity index (χ0n) is 10.1. The van der Waals surface area contributed by atoms with Crippen LogP contribution in [0.15, 0.2) is 17.8 Å². The van der Waals surface area contributed by atoms with Crippen molar-refractivity contribution in [3.8, 4) is 0 Å². The van der Waals surface area contributed by atoms with Gasteiger partial charge in [-0.05, 0) is 13.0 Å². The molecule has 0 saturated carbocycles. The minimum Gasteiger partial charge on any atom is -0.478 e. The Labute approximate surface area is 108 Å². The van der Waals surface area contributed by atoms with Crippen molar-refractivity contribution in [3.05, 3.63) is 34.0 Å². The smallest absolute Gasteiger partial charge is 0.336 e. The van der Waals surface area contributed by atoms with Gasteiger partial charge in [-0.15, -0.1) is 21.5 Å². The largest absolute Gasteiger partial charge is 0.478 e. The molecule has 0 saturated heterocycles. The van der Waals surface area contributed by atoms with E-state index in [4.69, 9.17) is 5.11 Å². The molecule has 0 aliphatic heterocycles. The Morgan fingerprint density at radius 1 is 1.67 bits per heavy atom. The molecule has 1 unspecified atom stereocenters. The fourth-order valence-electron chi connectivity index (χ4n) is 1.61. The highest BCUT2D eigenvalue weighted by Gasteiger charge is 2.12. The van der Waals surface area contributed by atoms with Crippen LogP contribution in [0.4, 0.5) is 0 Å². The van der Waals surface area contributed by atoms with Crippen LogP contribution in [0.25, 0.3) is 0 Å². The zero-order chi connectivity index (χ0) is 13.1. The highest BCUT2D eigenvalue weighted by atomic mass is 32.1. The summed E-state index contributed by atoms with van der Waals surface area (Å²) in [6, 6.07) is 1.75. The fourth-order valence-corrected chi connectivity index (χ4v) is 2.42. The Morgan fingerprint density at radius 2 is 2.44 bits per heavy atom. The highest BCUT2D eigenvalue weighted by Crippen LogP contribution is 2.16. The molecule has 7 heteroatoms. The van der Waals surface area contributed by atoms with E-state index >= 15 is 0 Å². The van der Waals surface area contributed by atoms with Gasteiger partial charge in [-0.3, -0.25) is 0 Å². The number of nitrogens with one attached hydrogen (secondary N) is 1. The molecule has 0 bridgehead atoms. The summed E-state index contributed by atoms with van der Waals surface area (Å²) in [6.45, 7) is 2.61.